The van der Waals surface area contributed by atoms with E-state index in [9.17, 15) is 18.8 Å². The number of nitrogens with zero attached hydrogens (tertiary/aromatic N) is 2. The van der Waals surface area contributed by atoms with Gasteiger partial charge in [-0.15, -0.1) is 0 Å². The van der Waals surface area contributed by atoms with Crippen molar-refractivity contribution in [3.63, 3.8) is 0 Å². The van der Waals surface area contributed by atoms with Gasteiger partial charge >= 0.3 is 0 Å². The fraction of sp³-hybridized carbons (Fsp3) is 0.286. The van der Waals surface area contributed by atoms with Crippen LogP contribution in [0.2, 0.25) is 0 Å². The Balaban J connectivity index is 1.45. The van der Waals surface area contributed by atoms with Gasteiger partial charge in [-0.25, -0.2) is 9.29 Å². The van der Waals surface area contributed by atoms with Crippen molar-refractivity contribution in [2.24, 2.45) is 0 Å². The number of halogens is 1. The summed E-state index contributed by atoms with van der Waals surface area (Å²) in [6.45, 7) is 4.26. The van der Waals surface area contributed by atoms with Gasteiger partial charge in [0.25, 0.3) is 17.7 Å². The molecule has 0 atom stereocenters. The molecule has 3 amide bonds. The molecule has 8 heteroatoms. The number of anilines is 1. The molecule has 0 aliphatic carbocycles. The molecule has 1 fully saturated rings. The second-order valence-corrected chi connectivity index (χ2v) is 6.89. The number of nitrogens with one attached hydrogen (secondary N) is 1. The van der Waals surface area contributed by atoms with E-state index in [1.54, 1.807) is 0 Å². The van der Waals surface area contributed by atoms with Crippen molar-refractivity contribution in [1.29, 1.82) is 0 Å². The van der Waals surface area contributed by atoms with Gasteiger partial charge in [-0.2, -0.15) is 0 Å². The molecule has 2 aromatic carbocycles. The molecule has 2 aliphatic rings. The molecule has 150 valence electrons. The number of carbonyl (C=O) groups is 3. The van der Waals surface area contributed by atoms with E-state index >= 15 is 0 Å². The number of hydrogen-bond acceptors (Lipinski definition) is 5. The van der Waals surface area contributed by atoms with Gasteiger partial charge in [0.05, 0.1) is 30.0 Å². The SMILES string of the molecule is O=C(NCCN1CCOCC1)c1ccc2c(c1)C(=O)N(c1ccc(F)cc1)C2=O. The number of ether oxygens (including phenoxy) is 1. The minimum atomic E-state index is -0.528. The second-order valence-electron chi connectivity index (χ2n) is 6.89. The number of imide groups is 1. The lowest BCUT2D eigenvalue weighted by molar-refractivity contribution is 0.0383. The van der Waals surface area contributed by atoms with Gasteiger partial charge in [-0.3, -0.25) is 19.3 Å². The Kier molecular flexibility index (Phi) is 5.37. The molecule has 2 heterocycles. The second kappa shape index (κ2) is 8.10. The van der Waals surface area contributed by atoms with Crippen molar-refractivity contribution in [2.45, 2.75) is 0 Å². The Labute approximate surface area is 167 Å². The zero-order valence-corrected chi connectivity index (χ0v) is 15.7. The number of amides is 3. The van der Waals surface area contributed by atoms with E-state index < -0.39 is 17.6 Å². The highest BCUT2D eigenvalue weighted by Crippen LogP contribution is 2.29. The van der Waals surface area contributed by atoms with Crippen LogP contribution in [0.25, 0.3) is 0 Å². The Morgan fingerprint density at radius 3 is 2.41 bits per heavy atom. The van der Waals surface area contributed by atoms with Crippen molar-refractivity contribution in [3.05, 3.63) is 65.0 Å². The van der Waals surface area contributed by atoms with Crippen LogP contribution in [0.1, 0.15) is 31.1 Å². The molecule has 2 aliphatic heterocycles. The van der Waals surface area contributed by atoms with E-state index in [4.69, 9.17) is 4.74 Å². The Bertz CT molecular complexity index is 955. The Morgan fingerprint density at radius 1 is 1.00 bits per heavy atom. The molecule has 1 N–H and O–H groups in total. The van der Waals surface area contributed by atoms with Crippen LogP contribution >= 0.6 is 0 Å². The first-order valence-corrected chi connectivity index (χ1v) is 9.41. The van der Waals surface area contributed by atoms with E-state index in [2.05, 4.69) is 10.2 Å². The highest BCUT2D eigenvalue weighted by Gasteiger charge is 2.37. The quantitative estimate of drug-likeness (QED) is 0.777. The number of benzene rings is 2. The highest BCUT2D eigenvalue weighted by atomic mass is 19.1. The maximum atomic E-state index is 13.2. The molecule has 1 saturated heterocycles. The maximum absolute atomic E-state index is 13.2. The van der Waals surface area contributed by atoms with Crippen LogP contribution in [-0.2, 0) is 4.74 Å². The van der Waals surface area contributed by atoms with Gasteiger partial charge in [0, 0.05) is 31.7 Å². The molecular formula is C21H20FN3O4. The molecule has 29 heavy (non-hydrogen) atoms. The third-order valence-corrected chi connectivity index (χ3v) is 5.05. The van der Waals surface area contributed by atoms with Crippen LogP contribution in [-0.4, -0.2) is 62.0 Å². The van der Waals surface area contributed by atoms with Crippen molar-refractivity contribution in [2.75, 3.05) is 44.3 Å². The maximum Gasteiger partial charge on any atom is 0.266 e. The fourth-order valence-electron chi connectivity index (χ4n) is 3.46. The van der Waals surface area contributed by atoms with Gasteiger partial charge in [-0.1, -0.05) is 0 Å². The first kappa shape index (κ1) is 19.2. The first-order chi connectivity index (χ1) is 14.0. The van der Waals surface area contributed by atoms with Crippen LogP contribution < -0.4 is 10.2 Å². The molecule has 7 nitrogen and oxygen atoms in total. The van der Waals surface area contributed by atoms with Crippen LogP contribution in [0.4, 0.5) is 10.1 Å². The van der Waals surface area contributed by atoms with Gasteiger partial charge in [0.15, 0.2) is 0 Å². The third kappa shape index (κ3) is 3.90. The van der Waals surface area contributed by atoms with E-state index in [-0.39, 0.29) is 22.7 Å². The normalized spacial score (nSPS) is 16.8. The molecular weight excluding hydrogens is 377 g/mol. The molecule has 0 aromatic heterocycles. The molecule has 0 bridgehead atoms. The average molecular weight is 397 g/mol. The summed E-state index contributed by atoms with van der Waals surface area (Å²) in [5, 5.41) is 2.84. The van der Waals surface area contributed by atoms with Gasteiger partial charge < -0.3 is 10.1 Å². The molecule has 0 saturated carbocycles. The highest BCUT2D eigenvalue weighted by molar-refractivity contribution is 6.34. The van der Waals surface area contributed by atoms with Gasteiger partial charge in [0.1, 0.15) is 5.82 Å². The summed E-state index contributed by atoms with van der Waals surface area (Å²) < 4.78 is 18.4. The number of fused-ring (bicyclic) bond motifs is 1. The van der Waals surface area contributed by atoms with Crippen molar-refractivity contribution in [1.82, 2.24) is 10.2 Å². The van der Waals surface area contributed by atoms with E-state index in [0.29, 0.717) is 25.3 Å². The lowest BCUT2D eigenvalue weighted by Gasteiger charge is -2.26. The van der Waals surface area contributed by atoms with Crippen molar-refractivity contribution >= 4 is 23.4 Å². The minimum Gasteiger partial charge on any atom is -0.379 e. The predicted octanol–water partition coefficient (Wildman–Crippen LogP) is 1.69. The average Bonchev–Trinajstić information content (AvgIpc) is 2.99. The summed E-state index contributed by atoms with van der Waals surface area (Å²) >= 11 is 0. The smallest absolute Gasteiger partial charge is 0.266 e. The molecule has 0 unspecified atom stereocenters. The lowest BCUT2D eigenvalue weighted by Crippen LogP contribution is -2.41. The van der Waals surface area contributed by atoms with E-state index in [0.717, 1.165) is 24.5 Å². The van der Waals surface area contributed by atoms with Crippen LogP contribution in [0, 0.1) is 5.82 Å². The molecule has 0 spiro atoms. The summed E-state index contributed by atoms with van der Waals surface area (Å²) in [4.78, 5) is 41.0. The summed E-state index contributed by atoms with van der Waals surface area (Å²) in [6, 6.07) is 9.56. The largest absolute Gasteiger partial charge is 0.379 e. The fourth-order valence-corrected chi connectivity index (χ4v) is 3.46. The van der Waals surface area contributed by atoms with Crippen LogP contribution in [0.15, 0.2) is 42.5 Å². The number of morpholine rings is 1. The van der Waals surface area contributed by atoms with Crippen molar-refractivity contribution < 1.29 is 23.5 Å². The summed E-state index contributed by atoms with van der Waals surface area (Å²) in [7, 11) is 0. The topological polar surface area (TPSA) is 79.0 Å². The Morgan fingerprint density at radius 2 is 1.69 bits per heavy atom. The zero-order valence-electron chi connectivity index (χ0n) is 15.7. The molecule has 0 radical (unpaired) electrons. The van der Waals surface area contributed by atoms with Gasteiger partial charge in [-0.05, 0) is 42.5 Å². The monoisotopic (exact) mass is 397 g/mol. The lowest BCUT2D eigenvalue weighted by atomic mass is 10.1. The third-order valence-electron chi connectivity index (χ3n) is 5.05. The summed E-state index contributed by atoms with van der Waals surface area (Å²) in [5.74, 6) is -1.78. The minimum absolute atomic E-state index is 0.167. The van der Waals surface area contributed by atoms with E-state index in [1.807, 2.05) is 0 Å². The van der Waals surface area contributed by atoms with Crippen LogP contribution in [0.3, 0.4) is 0 Å². The zero-order chi connectivity index (χ0) is 20.4. The number of hydrogen-bond donors (Lipinski definition) is 1. The van der Waals surface area contributed by atoms with E-state index in [1.165, 1.54) is 42.5 Å². The predicted molar refractivity (Wildman–Crippen MR) is 104 cm³/mol. The molecule has 2 aromatic rings. The summed E-state index contributed by atoms with van der Waals surface area (Å²) in [6.07, 6.45) is 0. The first-order valence-electron chi connectivity index (χ1n) is 9.41. The number of rotatable bonds is 5. The molecule has 4 rings (SSSR count). The van der Waals surface area contributed by atoms with Crippen molar-refractivity contribution in [3.8, 4) is 0 Å². The summed E-state index contributed by atoms with van der Waals surface area (Å²) in [5.41, 5.74) is 0.992. The van der Waals surface area contributed by atoms with Crippen LogP contribution in [0.5, 0.6) is 0 Å². The van der Waals surface area contributed by atoms with Gasteiger partial charge in [0.2, 0.25) is 0 Å². The Hall–Kier alpha value is -3.10. The number of carbonyl (C=O) groups excluding carboxylic acids is 3. The standard InChI is InChI=1S/C21H20FN3O4/c22-15-2-4-16(5-3-15)25-20(27)17-6-1-14(13-18(17)21(25)28)19(26)23-7-8-24-9-11-29-12-10-24/h1-6,13H,7-12H2,(H,23,26).